The van der Waals surface area contributed by atoms with Crippen molar-refractivity contribution < 1.29 is 14.3 Å². The lowest BCUT2D eigenvalue weighted by Gasteiger charge is -2.27. The summed E-state index contributed by atoms with van der Waals surface area (Å²) in [7, 11) is 0. The molecule has 0 saturated carbocycles. The van der Waals surface area contributed by atoms with Crippen molar-refractivity contribution in [3.05, 3.63) is 23.8 Å². The number of nitrogens with zero attached hydrogens (tertiary/aromatic N) is 1. The monoisotopic (exact) mass is 262 g/mol. The molecule has 5 heteroatoms. The molecule has 5 nitrogen and oxygen atoms in total. The SMILES string of the molecule is O=C(c1ccc2c(c1)OCCCO2)N1CCNCC1. The lowest BCUT2D eigenvalue weighted by atomic mass is 10.1. The molecule has 1 N–H and O–H groups in total. The van der Waals surface area contributed by atoms with Gasteiger partial charge in [-0.1, -0.05) is 0 Å². The van der Waals surface area contributed by atoms with Gasteiger partial charge in [0.05, 0.1) is 13.2 Å². The largest absolute Gasteiger partial charge is 0.490 e. The van der Waals surface area contributed by atoms with Gasteiger partial charge in [-0.25, -0.2) is 0 Å². The maximum Gasteiger partial charge on any atom is 0.254 e. The van der Waals surface area contributed by atoms with Crippen molar-refractivity contribution in [2.45, 2.75) is 6.42 Å². The molecule has 0 atom stereocenters. The molecule has 2 aliphatic heterocycles. The van der Waals surface area contributed by atoms with Gasteiger partial charge in [0.1, 0.15) is 0 Å². The van der Waals surface area contributed by atoms with Crippen LogP contribution in [0, 0.1) is 0 Å². The molecule has 2 aliphatic rings. The normalized spacial score (nSPS) is 18.8. The molecule has 0 spiro atoms. The van der Waals surface area contributed by atoms with Gasteiger partial charge in [0.2, 0.25) is 0 Å². The number of carbonyl (C=O) groups excluding carboxylic acids is 1. The maximum absolute atomic E-state index is 12.4. The average Bonchev–Trinajstić information content (AvgIpc) is 2.72. The van der Waals surface area contributed by atoms with Gasteiger partial charge in [0, 0.05) is 38.2 Å². The van der Waals surface area contributed by atoms with Crippen molar-refractivity contribution in [3.8, 4) is 11.5 Å². The van der Waals surface area contributed by atoms with Crippen molar-refractivity contribution in [2.24, 2.45) is 0 Å². The van der Waals surface area contributed by atoms with E-state index in [0.717, 1.165) is 38.3 Å². The van der Waals surface area contributed by atoms with E-state index in [1.54, 1.807) is 6.07 Å². The first-order valence-electron chi connectivity index (χ1n) is 6.74. The molecule has 0 radical (unpaired) electrons. The van der Waals surface area contributed by atoms with Gasteiger partial charge >= 0.3 is 0 Å². The summed E-state index contributed by atoms with van der Waals surface area (Å²) in [6, 6.07) is 5.44. The van der Waals surface area contributed by atoms with Crippen molar-refractivity contribution in [2.75, 3.05) is 39.4 Å². The fraction of sp³-hybridized carbons (Fsp3) is 0.500. The second kappa shape index (κ2) is 5.48. The first-order valence-corrected chi connectivity index (χ1v) is 6.74. The van der Waals surface area contributed by atoms with E-state index in [9.17, 15) is 4.79 Å². The quantitative estimate of drug-likeness (QED) is 0.817. The molecular formula is C14H18N2O3. The van der Waals surface area contributed by atoms with E-state index in [1.165, 1.54) is 0 Å². The number of rotatable bonds is 1. The summed E-state index contributed by atoms with van der Waals surface area (Å²) < 4.78 is 11.2. The molecule has 3 rings (SSSR count). The zero-order valence-corrected chi connectivity index (χ0v) is 10.9. The van der Waals surface area contributed by atoms with Crippen molar-refractivity contribution in [1.29, 1.82) is 0 Å². The molecule has 0 aromatic heterocycles. The van der Waals surface area contributed by atoms with E-state index in [1.807, 2.05) is 17.0 Å². The highest BCUT2D eigenvalue weighted by Gasteiger charge is 2.20. The molecule has 1 saturated heterocycles. The zero-order chi connectivity index (χ0) is 13.1. The van der Waals surface area contributed by atoms with Crippen LogP contribution >= 0.6 is 0 Å². The number of ether oxygens (including phenoxy) is 2. The first kappa shape index (κ1) is 12.3. The third-order valence-corrected chi connectivity index (χ3v) is 3.40. The van der Waals surface area contributed by atoms with Gasteiger partial charge < -0.3 is 19.7 Å². The molecule has 0 aliphatic carbocycles. The number of piperazine rings is 1. The topological polar surface area (TPSA) is 50.8 Å². The number of amides is 1. The Balaban J connectivity index is 1.80. The molecule has 1 fully saturated rings. The lowest BCUT2D eigenvalue weighted by Crippen LogP contribution is -2.46. The third kappa shape index (κ3) is 2.66. The van der Waals surface area contributed by atoms with E-state index in [4.69, 9.17) is 9.47 Å². The van der Waals surface area contributed by atoms with Crippen LogP contribution in [-0.4, -0.2) is 50.2 Å². The van der Waals surface area contributed by atoms with Crippen LogP contribution in [0.25, 0.3) is 0 Å². The minimum absolute atomic E-state index is 0.0668. The molecule has 1 aromatic rings. The minimum Gasteiger partial charge on any atom is -0.490 e. The van der Waals surface area contributed by atoms with Crippen molar-refractivity contribution >= 4 is 5.91 Å². The summed E-state index contributed by atoms with van der Waals surface area (Å²) in [5.41, 5.74) is 0.672. The van der Waals surface area contributed by atoms with Gasteiger partial charge in [-0.15, -0.1) is 0 Å². The Hall–Kier alpha value is -1.75. The van der Waals surface area contributed by atoms with Crippen LogP contribution in [0.4, 0.5) is 0 Å². The lowest BCUT2D eigenvalue weighted by molar-refractivity contribution is 0.0735. The van der Waals surface area contributed by atoms with Crippen molar-refractivity contribution in [3.63, 3.8) is 0 Å². The van der Waals surface area contributed by atoms with Gasteiger partial charge in [-0.05, 0) is 18.2 Å². The second-order valence-electron chi connectivity index (χ2n) is 4.75. The van der Waals surface area contributed by atoms with E-state index >= 15 is 0 Å². The molecule has 102 valence electrons. The smallest absolute Gasteiger partial charge is 0.254 e. The van der Waals surface area contributed by atoms with Crippen LogP contribution in [0.5, 0.6) is 11.5 Å². The fourth-order valence-corrected chi connectivity index (χ4v) is 2.35. The Morgan fingerprint density at radius 1 is 1.11 bits per heavy atom. The predicted octanol–water partition coefficient (Wildman–Crippen LogP) is 0.893. The summed E-state index contributed by atoms with van der Waals surface area (Å²) in [6.07, 6.45) is 0.871. The van der Waals surface area contributed by atoms with Crippen LogP contribution in [0.1, 0.15) is 16.8 Å². The summed E-state index contributed by atoms with van der Waals surface area (Å²) >= 11 is 0. The summed E-state index contributed by atoms with van der Waals surface area (Å²) in [5.74, 6) is 1.48. The Morgan fingerprint density at radius 2 is 1.84 bits per heavy atom. The zero-order valence-electron chi connectivity index (χ0n) is 10.9. The van der Waals surface area contributed by atoms with Gasteiger partial charge in [-0.2, -0.15) is 0 Å². The maximum atomic E-state index is 12.4. The van der Waals surface area contributed by atoms with E-state index in [2.05, 4.69) is 5.32 Å². The van der Waals surface area contributed by atoms with E-state index in [-0.39, 0.29) is 5.91 Å². The van der Waals surface area contributed by atoms with Gasteiger partial charge in [-0.3, -0.25) is 4.79 Å². The highest BCUT2D eigenvalue weighted by molar-refractivity contribution is 5.95. The standard InChI is InChI=1S/C14H18N2O3/c17-14(16-6-4-15-5-7-16)11-2-3-12-13(10-11)19-9-1-8-18-12/h2-3,10,15H,1,4-9H2. The van der Waals surface area contributed by atoms with Crippen LogP contribution in [0.3, 0.4) is 0 Å². The van der Waals surface area contributed by atoms with E-state index < -0.39 is 0 Å². The summed E-state index contributed by atoms with van der Waals surface area (Å²) in [6.45, 7) is 4.53. The van der Waals surface area contributed by atoms with Gasteiger partial charge in [0.15, 0.2) is 11.5 Å². The first-order chi connectivity index (χ1) is 9.34. The summed E-state index contributed by atoms with van der Waals surface area (Å²) in [4.78, 5) is 14.2. The number of nitrogens with one attached hydrogen (secondary N) is 1. The molecule has 1 aromatic carbocycles. The van der Waals surface area contributed by atoms with E-state index in [0.29, 0.717) is 24.5 Å². The van der Waals surface area contributed by atoms with Crippen LogP contribution in [0.2, 0.25) is 0 Å². The molecule has 0 bridgehead atoms. The molecular weight excluding hydrogens is 244 g/mol. The molecule has 2 heterocycles. The Labute approximate surface area is 112 Å². The highest BCUT2D eigenvalue weighted by atomic mass is 16.5. The number of benzene rings is 1. The van der Waals surface area contributed by atoms with Crippen molar-refractivity contribution in [1.82, 2.24) is 10.2 Å². The highest BCUT2D eigenvalue weighted by Crippen LogP contribution is 2.30. The third-order valence-electron chi connectivity index (χ3n) is 3.40. The molecule has 1 amide bonds. The van der Waals surface area contributed by atoms with Crippen LogP contribution < -0.4 is 14.8 Å². The fourth-order valence-electron chi connectivity index (χ4n) is 2.35. The van der Waals surface area contributed by atoms with Gasteiger partial charge in [0.25, 0.3) is 5.91 Å². The Kier molecular flexibility index (Phi) is 3.55. The summed E-state index contributed by atoms with van der Waals surface area (Å²) in [5, 5.41) is 3.24. The number of hydrogen-bond donors (Lipinski definition) is 1. The number of hydrogen-bond acceptors (Lipinski definition) is 4. The Bertz CT molecular complexity index is 470. The number of fused-ring (bicyclic) bond motifs is 1. The average molecular weight is 262 g/mol. The Morgan fingerprint density at radius 3 is 2.63 bits per heavy atom. The van der Waals surface area contributed by atoms with Crippen LogP contribution in [-0.2, 0) is 0 Å². The minimum atomic E-state index is 0.0668. The molecule has 19 heavy (non-hydrogen) atoms. The van der Waals surface area contributed by atoms with Crippen LogP contribution in [0.15, 0.2) is 18.2 Å². The molecule has 0 unspecified atom stereocenters. The predicted molar refractivity (Wildman–Crippen MR) is 70.8 cm³/mol. The second-order valence-corrected chi connectivity index (χ2v) is 4.75. The number of carbonyl (C=O) groups is 1.